The van der Waals surface area contributed by atoms with Crippen molar-refractivity contribution in [3.05, 3.63) is 29.7 Å². The Morgan fingerprint density at radius 3 is 2.95 bits per heavy atom. The summed E-state index contributed by atoms with van der Waals surface area (Å²) in [6.07, 6.45) is 1.77. The Balaban J connectivity index is 1.77. The minimum atomic E-state index is -1.07. The van der Waals surface area contributed by atoms with Gasteiger partial charge in [-0.2, -0.15) is 0 Å². The second kappa shape index (κ2) is 5.90. The van der Waals surface area contributed by atoms with Crippen LogP contribution in [-0.4, -0.2) is 52.2 Å². The number of carbonyl (C=O) groups excluding carboxylic acids is 1. The third kappa shape index (κ3) is 2.88. The molecular weight excluding hydrogens is 308 g/mol. The van der Waals surface area contributed by atoms with Gasteiger partial charge >= 0.3 is 5.97 Å². The molecule has 116 valence electrons. The number of carbonyl (C=O) groups is 2. The fraction of sp³-hybridized carbons (Fsp3) is 0.357. The molecule has 1 N–H and O–H groups in total. The Bertz CT molecular complexity index is 681. The molecule has 1 aliphatic rings. The van der Waals surface area contributed by atoms with E-state index in [-0.39, 0.29) is 18.6 Å². The number of furan rings is 1. The Morgan fingerprint density at radius 1 is 1.45 bits per heavy atom. The topological polar surface area (TPSA) is 92.9 Å². The highest BCUT2D eigenvalue weighted by Crippen LogP contribution is 2.25. The average Bonchev–Trinajstić information content (AvgIpc) is 3.16. The first-order chi connectivity index (χ1) is 10.5. The van der Waals surface area contributed by atoms with Gasteiger partial charge in [0.2, 0.25) is 0 Å². The zero-order valence-corrected chi connectivity index (χ0v) is 12.6. The predicted molar refractivity (Wildman–Crippen MR) is 77.7 cm³/mol. The molecule has 2 aromatic rings. The van der Waals surface area contributed by atoms with E-state index in [9.17, 15) is 9.59 Å². The molecule has 0 bridgehead atoms. The van der Waals surface area contributed by atoms with Crippen LogP contribution in [0, 0.1) is 0 Å². The van der Waals surface area contributed by atoms with E-state index in [0.29, 0.717) is 17.2 Å². The lowest BCUT2D eigenvalue weighted by molar-refractivity contribution is -0.160. The molecule has 2 atom stereocenters. The molecule has 0 aliphatic carbocycles. The van der Waals surface area contributed by atoms with Crippen molar-refractivity contribution in [2.24, 2.45) is 0 Å². The number of carboxylic acids is 1. The molecule has 7 nitrogen and oxygen atoms in total. The number of rotatable bonds is 3. The van der Waals surface area contributed by atoms with Gasteiger partial charge in [0, 0.05) is 17.5 Å². The van der Waals surface area contributed by atoms with Crippen molar-refractivity contribution < 1.29 is 23.8 Å². The molecule has 1 saturated heterocycles. The summed E-state index contributed by atoms with van der Waals surface area (Å²) in [6, 6.07) is 1.77. The number of ether oxygens (including phenoxy) is 1. The lowest BCUT2D eigenvalue weighted by Crippen LogP contribution is -2.51. The maximum Gasteiger partial charge on any atom is 0.334 e. The Kier molecular flexibility index (Phi) is 3.95. The van der Waals surface area contributed by atoms with Crippen molar-refractivity contribution in [2.75, 3.05) is 13.1 Å². The largest absolute Gasteiger partial charge is 0.479 e. The smallest absolute Gasteiger partial charge is 0.334 e. The van der Waals surface area contributed by atoms with Gasteiger partial charge in [0.15, 0.2) is 6.10 Å². The van der Waals surface area contributed by atoms with Gasteiger partial charge in [-0.3, -0.25) is 4.79 Å². The van der Waals surface area contributed by atoms with Crippen molar-refractivity contribution >= 4 is 23.2 Å². The lowest BCUT2D eigenvalue weighted by Gasteiger charge is -2.34. The molecule has 3 heterocycles. The Morgan fingerprint density at radius 2 is 2.27 bits per heavy atom. The van der Waals surface area contributed by atoms with Crippen LogP contribution in [0.15, 0.2) is 28.4 Å². The quantitative estimate of drug-likeness (QED) is 0.925. The number of aromatic nitrogens is 1. The second-order valence-corrected chi connectivity index (χ2v) is 5.89. The van der Waals surface area contributed by atoms with E-state index in [1.54, 1.807) is 30.9 Å². The van der Waals surface area contributed by atoms with Crippen LogP contribution in [0.25, 0.3) is 10.6 Å². The summed E-state index contributed by atoms with van der Waals surface area (Å²) >= 11 is 1.34. The third-order valence-electron chi connectivity index (χ3n) is 3.31. The van der Waals surface area contributed by atoms with Gasteiger partial charge in [-0.25, -0.2) is 9.78 Å². The molecule has 1 fully saturated rings. The first-order valence-corrected chi connectivity index (χ1v) is 7.58. The molecule has 22 heavy (non-hydrogen) atoms. The highest BCUT2D eigenvalue weighted by atomic mass is 32.1. The summed E-state index contributed by atoms with van der Waals surface area (Å²) in [5.41, 5.74) is 1.11. The number of carboxylic acid groups (broad SMARTS) is 1. The summed E-state index contributed by atoms with van der Waals surface area (Å²) in [5.74, 6) is -1.35. The molecule has 0 saturated carbocycles. The molecule has 1 aliphatic heterocycles. The Labute approximate surface area is 130 Å². The van der Waals surface area contributed by atoms with Gasteiger partial charge in [0.05, 0.1) is 18.9 Å². The average molecular weight is 322 g/mol. The van der Waals surface area contributed by atoms with Crippen LogP contribution >= 0.6 is 11.3 Å². The van der Waals surface area contributed by atoms with E-state index in [4.69, 9.17) is 14.3 Å². The fourth-order valence-corrected chi connectivity index (χ4v) is 3.09. The Hall–Kier alpha value is -2.19. The van der Waals surface area contributed by atoms with Gasteiger partial charge in [0.25, 0.3) is 5.91 Å². The van der Waals surface area contributed by atoms with Gasteiger partial charge in [-0.15, -0.1) is 11.3 Å². The van der Waals surface area contributed by atoms with Crippen LogP contribution in [0.2, 0.25) is 0 Å². The van der Waals surface area contributed by atoms with Gasteiger partial charge in [0.1, 0.15) is 17.0 Å². The van der Waals surface area contributed by atoms with Gasteiger partial charge in [-0.05, 0) is 13.0 Å². The fourth-order valence-electron chi connectivity index (χ4n) is 2.31. The van der Waals surface area contributed by atoms with Crippen LogP contribution in [-0.2, 0) is 9.53 Å². The van der Waals surface area contributed by atoms with Crippen molar-refractivity contribution in [3.63, 3.8) is 0 Å². The second-order valence-electron chi connectivity index (χ2n) is 5.03. The van der Waals surface area contributed by atoms with Crippen molar-refractivity contribution in [1.29, 1.82) is 0 Å². The van der Waals surface area contributed by atoms with E-state index in [1.165, 1.54) is 16.2 Å². The minimum absolute atomic E-state index is 0.0249. The molecule has 8 heteroatoms. The number of thiazole rings is 1. The lowest BCUT2D eigenvalue weighted by atomic mass is 10.2. The van der Waals surface area contributed by atoms with Crippen LogP contribution in [0.4, 0.5) is 0 Å². The summed E-state index contributed by atoms with van der Waals surface area (Å²) in [5, 5.41) is 11.4. The van der Waals surface area contributed by atoms with Crippen molar-refractivity contribution in [3.8, 4) is 10.6 Å². The molecule has 0 spiro atoms. The zero-order valence-electron chi connectivity index (χ0n) is 11.8. The predicted octanol–water partition coefficient (Wildman–Crippen LogP) is 1.72. The van der Waals surface area contributed by atoms with Crippen LogP contribution in [0.3, 0.4) is 0 Å². The van der Waals surface area contributed by atoms with Crippen LogP contribution in [0.5, 0.6) is 0 Å². The highest BCUT2D eigenvalue weighted by Gasteiger charge is 2.33. The summed E-state index contributed by atoms with van der Waals surface area (Å²) in [4.78, 5) is 29.3. The van der Waals surface area contributed by atoms with Gasteiger partial charge < -0.3 is 19.2 Å². The van der Waals surface area contributed by atoms with E-state index in [1.807, 2.05) is 0 Å². The van der Waals surface area contributed by atoms with Crippen molar-refractivity contribution in [2.45, 2.75) is 19.1 Å². The molecule has 0 aromatic carbocycles. The number of amides is 1. The first-order valence-electron chi connectivity index (χ1n) is 6.70. The number of nitrogens with zero attached hydrogens (tertiary/aromatic N) is 2. The number of hydrogen-bond acceptors (Lipinski definition) is 6. The maximum atomic E-state index is 12.5. The van der Waals surface area contributed by atoms with E-state index in [0.717, 1.165) is 5.56 Å². The summed E-state index contributed by atoms with van der Waals surface area (Å²) in [6.45, 7) is 2.12. The standard InChI is InChI=1S/C14H14N2O5S/c1-8-4-16(5-11(21-8)14(18)19)13(17)10-7-22-12(15-10)9-2-3-20-6-9/h2-3,6-8,11H,4-5H2,1H3,(H,18,19)/t8-,11?/m1/s1. The zero-order chi connectivity index (χ0) is 15.7. The SMILES string of the molecule is C[C@@H]1CN(C(=O)c2csc(-c3ccoc3)n2)CC(C(=O)O)O1. The van der Waals surface area contributed by atoms with E-state index in [2.05, 4.69) is 4.98 Å². The number of hydrogen-bond donors (Lipinski definition) is 1. The van der Waals surface area contributed by atoms with Gasteiger partial charge in [-0.1, -0.05) is 0 Å². The normalized spacial score (nSPS) is 21.8. The molecule has 1 amide bonds. The van der Waals surface area contributed by atoms with Crippen LogP contribution < -0.4 is 0 Å². The van der Waals surface area contributed by atoms with E-state index < -0.39 is 12.1 Å². The first kappa shape index (κ1) is 14.7. The number of morpholine rings is 1. The van der Waals surface area contributed by atoms with E-state index >= 15 is 0 Å². The molecule has 0 radical (unpaired) electrons. The summed E-state index contributed by atoms with van der Waals surface area (Å²) in [7, 11) is 0. The summed E-state index contributed by atoms with van der Waals surface area (Å²) < 4.78 is 10.3. The van der Waals surface area contributed by atoms with Crippen LogP contribution in [0.1, 0.15) is 17.4 Å². The third-order valence-corrected chi connectivity index (χ3v) is 4.21. The maximum absolute atomic E-state index is 12.5. The monoisotopic (exact) mass is 322 g/mol. The number of aliphatic carboxylic acids is 1. The molecule has 2 aromatic heterocycles. The highest BCUT2D eigenvalue weighted by molar-refractivity contribution is 7.13. The molecular formula is C14H14N2O5S. The molecule has 1 unspecified atom stereocenters. The van der Waals surface area contributed by atoms with Crippen molar-refractivity contribution in [1.82, 2.24) is 9.88 Å². The molecule has 3 rings (SSSR count). The minimum Gasteiger partial charge on any atom is -0.479 e.